The van der Waals surface area contributed by atoms with Crippen molar-refractivity contribution in [3.8, 4) is 5.75 Å². The molecule has 34 heavy (non-hydrogen) atoms. The van der Waals surface area contributed by atoms with Gasteiger partial charge in [-0.2, -0.15) is 0 Å². The Kier molecular flexibility index (Phi) is 9.11. The lowest BCUT2D eigenvalue weighted by Gasteiger charge is -2.32. The molecule has 0 aromatic heterocycles. The van der Waals surface area contributed by atoms with Crippen LogP contribution in [-0.4, -0.2) is 35.4 Å². The molecule has 0 saturated heterocycles. The zero-order valence-electron chi connectivity index (χ0n) is 19.8. The van der Waals surface area contributed by atoms with Crippen molar-refractivity contribution in [1.29, 1.82) is 0 Å². The lowest BCUT2D eigenvalue weighted by atomic mass is 10.0. The molecule has 0 aliphatic carbocycles. The minimum Gasteiger partial charge on any atom is -0.484 e. The highest BCUT2D eigenvalue weighted by Gasteiger charge is 2.31. The number of ether oxygens (including phenoxy) is 1. The number of hydrogen-bond acceptors (Lipinski definition) is 3. The second-order valence-corrected chi connectivity index (χ2v) is 9.06. The molecule has 178 valence electrons. The van der Waals surface area contributed by atoms with E-state index in [1.165, 1.54) is 0 Å². The van der Waals surface area contributed by atoms with Crippen molar-refractivity contribution in [3.05, 3.63) is 101 Å². The quantitative estimate of drug-likeness (QED) is 0.436. The summed E-state index contributed by atoms with van der Waals surface area (Å²) >= 11 is 6.05. The number of aryl methyl sites for hydroxylation is 1. The van der Waals surface area contributed by atoms with Crippen LogP contribution in [0.25, 0.3) is 0 Å². The van der Waals surface area contributed by atoms with Crippen molar-refractivity contribution < 1.29 is 14.3 Å². The summed E-state index contributed by atoms with van der Waals surface area (Å²) in [4.78, 5) is 28.4. The largest absolute Gasteiger partial charge is 0.484 e. The first-order valence-corrected chi connectivity index (χ1v) is 11.8. The number of carbonyl (C=O) groups excluding carboxylic acids is 2. The topological polar surface area (TPSA) is 58.6 Å². The summed E-state index contributed by atoms with van der Waals surface area (Å²) in [6.45, 7) is 5.87. The van der Waals surface area contributed by atoms with Crippen molar-refractivity contribution in [2.45, 2.75) is 45.8 Å². The van der Waals surface area contributed by atoms with Gasteiger partial charge in [-0.3, -0.25) is 9.59 Å². The fraction of sp³-hybridized carbons (Fsp3) is 0.286. The van der Waals surface area contributed by atoms with E-state index in [2.05, 4.69) is 5.32 Å². The summed E-state index contributed by atoms with van der Waals surface area (Å²) in [5, 5.41) is 3.59. The molecule has 0 fully saturated rings. The Bertz CT molecular complexity index is 1080. The predicted octanol–water partition coefficient (Wildman–Crippen LogP) is 5.19. The molecule has 1 atom stereocenters. The lowest BCUT2D eigenvalue weighted by molar-refractivity contribution is -0.143. The zero-order chi connectivity index (χ0) is 24.5. The van der Waals surface area contributed by atoms with Gasteiger partial charge in [0.25, 0.3) is 5.91 Å². The van der Waals surface area contributed by atoms with E-state index in [-0.39, 0.29) is 31.0 Å². The number of rotatable bonds is 10. The second kappa shape index (κ2) is 12.2. The predicted molar refractivity (Wildman–Crippen MR) is 136 cm³/mol. The molecule has 0 radical (unpaired) electrons. The molecule has 0 heterocycles. The molecule has 3 rings (SSSR count). The summed E-state index contributed by atoms with van der Waals surface area (Å²) in [5.74, 6) is 0.152. The van der Waals surface area contributed by atoms with Crippen molar-refractivity contribution in [2.75, 3.05) is 6.61 Å². The van der Waals surface area contributed by atoms with Gasteiger partial charge < -0.3 is 15.0 Å². The van der Waals surface area contributed by atoms with Gasteiger partial charge >= 0.3 is 0 Å². The van der Waals surface area contributed by atoms with Crippen LogP contribution in [-0.2, 0) is 22.6 Å². The zero-order valence-corrected chi connectivity index (χ0v) is 20.6. The van der Waals surface area contributed by atoms with Crippen molar-refractivity contribution in [3.63, 3.8) is 0 Å². The van der Waals surface area contributed by atoms with Gasteiger partial charge in [-0.1, -0.05) is 66.2 Å². The van der Waals surface area contributed by atoms with Crippen LogP contribution in [0, 0.1) is 6.92 Å². The van der Waals surface area contributed by atoms with Crippen LogP contribution in [0.1, 0.15) is 30.5 Å². The Morgan fingerprint density at radius 1 is 0.941 bits per heavy atom. The lowest BCUT2D eigenvalue weighted by Crippen LogP contribution is -2.52. The molecule has 0 saturated carbocycles. The maximum absolute atomic E-state index is 13.5. The first-order valence-electron chi connectivity index (χ1n) is 11.4. The van der Waals surface area contributed by atoms with Crippen molar-refractivity contribution in [2.24, 2.45) is 0 Å². The van der Waals surface area contributed by atoms with Gasteiger partial charge in [-0.15, -0.1) is 0 Å². The standard InChI is InChI=1S/C28H31ClN2O3/c1-20(2)30-28(33)26(17-22-9-5-4-6-10-22)31(18-23-12-14-24(29)15-13-23)27(32)19-34-25-11-7-8-21(3)16-25/h4-16,20,26H,17-19H2,1-3H3,(H,30,33)/t26-/m1/s1. The maximum Gasteiger partial charge on any atom is 0.261 e. The van der Waals surface area contributed by atoms with Gasteiger partial charge in [0.05, 0.1) is 0 Å². The van der Waals surface area contributed by atoms with Crippen molar-refractivity contribution >= 4 is 23.4 Å². The Morgan fingerprint density at radius 3 is 2.29 bits per heavy atom. The van der Waals surface area contributed by atoms with Crippen LogP contribution in [0.3, 0.4) is 0 Å². The highest BCUT2D eigenvalue weighted by atomic mass is 35.5. The second-order valence-electron chi connectivity index (χ2n) is 8.62. The first kappa shape index (κ1) is 25.3. The van der Waals surface area contributed by atoms with Gasteiger partial charge in [0.15, 0.2) is 6.61 Å². The SMILES string of the molecule is Cc1cccc(OCC(=O)N(Cc2ccc(Cl)cc2)[C@H](Cc2ccccc2)C(=O)NC(C)C)c1. The van der Waals surface area contributed by atoms with Crippen LogP contribution >= 0.6 is 11.6 Å². The molecule has 3 aromatic carbocycles. The van der Waals surface area contributed by atoms with E-state index in [1.807, 2.05) is 87.5 Å². The van der Waals surface area contributed by atoms with Gasteiger partial charge in [-0.05, 0) is 61.7 Å². The Balaban J connectivity index is 1.90. The van der Waals surface area contributed by atoms with Crippen LogP contribution in [0.4, 0.5) is 0 Å². The van der Waals surface area contributed by atoms with Gasteiger partial charge in [0, 0.05) is 24.0 Å². The number of halogens is 1. The van der Waals surface area contributed by atoms with Gasteiger partial charge in [-0.25, -0.2) is 0 Å². The van der Waals surface area contributed by atoms with E-state index in [0.717, 1.165) is 16.7 Å². The third kappa shape index (κ3) is 7.63. The molecule has 0 bridgehead atoms. The molecule has 0 aliphatic heterocycles. The number of hydrogen-bond donors (Lipinski definition) is 1. The maximum atomic E-state index is 13.5. The number of nitrogens with zero attached hydrogens (tertiary/aromatic N) is 1. The number of nitrogens with one attached hydrogen (secondary N) is 1. The summed E-state index contributed by atoms with van der Waals surface area (Å²) in [7, 11) is 0. The monoisotopic (exact) mass is 478 g/mol. The highest BCUT2D eigenvalue weighted by Crippen LogP contribution is 2.18. The molecule has 0 unspecified atom stereocenters. The number of amides is 2. The fourth-order valence-electron chi connectivity index (χ4n) is 3.65. The van der Waals surface area contributed by atoms with Gasteiger partial charge in [0.1, 0.15) is 11.8 Å². The average molecular weight is 479 g/mol. The first-order chi connectivity index (χ1) is 16.3. The third-order valence-electron chi connectivity index (χ3n) is 5.32. The Morgan fingerprint density at radius 2 is 1.65 bits per heavy atom. The average Bonchev–Trinajstić information content (AvgIpc) is 2.81. The van der Waals surface area contributed by atoms with E-state index < -0.39 is 6.04 Å². The van der Waals surface area contributed by atoms with Gasteiger partial charge in [0.2, 0.25) is 5.91 Å². The van der Waals surface area contributed by atoms with E-state index in [9.17, 15) is 9.59 Å². The van der Waals surface area contributed by atoms with Crippen molar-refractivity contribution in [1.82, 2.24) is 10.2 Å². The molecule has 5 nitrogen and oxygen atoms in total. The Hall–Kier alpha value is -3.31. The van der Waals surface area contributed by atoms with Crippen LogP contribution in [0.15, 0.2) is 78.9 Å². The molecular weight excluding hydrogens is 448 g/mol. The smallest absolute Gasteiger partial charge is 0.261 e. The summed E-state index contributed by atoms with van der Waals surface area (Å²) in [6, 6.07) is 23.8. The molecule has 0 aliphatic rings. The number of benzene rings is 3. The molecule has 6 heteroatoms. The summed E-state index contributed by atoms with van der Waals surface area (Å²) in [5.41, 5.74) is 2.89. The van der Waals surface area contributed by atoms with Crippen LogP contribution in [0.2, 0.25) is 5.02 Å². The molecule has 0 spiro atoms. The Labute approximate surface area is 206 Å². The van der Waals surface area contributed by atoms with Crippen LogP contribution < -0.4 is 10.1 Å². The third-order valence-corrected chi connectivity index (χ3v) is 5.57. The molecule has 3 aromatic rings. The minimum atomic E-state index is -0.700. The number of carbonyl (C=O) groups is 2. The van der Waals surface area contributed by atoms with E-state index in [1.54, 1.807) is 17.0 Å². The van der Waals surface area contributed by atoms with E-state index >= 15 is 0 Å². The molecule has 2 amide bonds. The van der Waals surface area contributed by atoms with E-state index in [4.69, 9.17) is 16.3 Å². The van der Waals surface area contributed by atoms with E-state index in [0.29, 0.717) is 17.2 Å². The normalized spacial score (nSPS) is 11.7. The highest BCUT2D eigenvalue weighted by molar-refractivity contribution is 6.30. The summed E-state index contributed by atoms with van der Waals surface area (Å²) < 4.78 is 5.80. The molecule has 1 N–H and O–H groups in total. The minimum absolute atomic E-state index is 0.0539. The van der Waals surface area contributed by atoms with Crippen LogP contribution in [0.5, 0.6) is 5.75 Å². The fourth-order valence-corrected chi connectivity index (χ4v) is 3.78. The molecular formula is C28H31ClN2O3. The summed E-state index contributed by atoms with van der Waals surface area (Å²) in [6.07, 6.45) is 0.392.